The van der Waals surface area contributed by atoms with Crippen LogP contribution in [0.1, 0.15) is 17.8 Å². The third kappa shape index (κ3) is 4.25. The highest BCUT2D eigenvalue weighted by atomic mass is 16.2. The summed E-state index contributed by atoms with van der Waals surface area (Å²) in [7, 11) is 4.18. The molecular formula is C14H23N5O. The van der Waals surface area contributed by atoms with E-state index in [0.717, 1.165) is 30.9 Å². The van der Waals surface area contributed by atoms with Gasteiger partial charge in [-0.15, -0.1) is 0 Å². The number of likely N-dealkylation sites (tertiary alicyclic amines) is 1. The molecule has 20 heavy (non-hydrogen) atoms. The van der Waals surface area contributed by atoms with Gasteiger partial charge in [-0.1, -0.05) is 0 Å². The molecule has 1 fully saturated rings. The van der Waals surface area contributed by atoms with Crippen LogP contribution in [-0.2, 0) is 11.3 Å². The maximum absolute atomic E-state index is 11.9. The molecular weight excluding hydrogens is 254 g/mol. The number of carbonyl (C=O) groups is 1. The highest BCUT2D eigenvalue weighted by Crippen LogP contribution is 2.12. The molecule has 6 heteroatoms. The number of nitrogens with one attached hydrogen (secondary N) is 1. The molecule has 1 aromatic rings. The van der Waals surface area contributed by atoms with Crippen LogP contribution in [0.15, 0.2) is 12.4 Å². The first kappa shape index (κ1) is 14.9. The first-order valence-electron chi connectivity index (χ1n) is 6.97. The molecule has 0 aliphatic carbocycles. The topological polar surface area (TPSA) is 61.4 Å². The Labute approximate surface area is 120 Å². The summed E-state index contributed by atoms with van der Waals surface area (Å²) in [6, 6.07) is 0.561. The average Bonchev–Trinajstić information content (AvgIpc) is 2.87. The van der Waals surface area contributed by atoms with E-state index in [0.29, 0.717) is 19.1 Å². The van der Waals surface area contributed by atoms with Gasteiger partial charge in [-0.2, -0.15) is 0 Å². The number of aromatic nitrogens is 2. The summed E-state index contributed by atoms with van der Waals surface area (Å²) < 4.78 is 0. The molecule has 0 radical (unpaired) electrons. The van der Waals surface area contributed by atoms with E-state index in [1.807, 2.05) is 6.92 Å². The molecule has 0 saturated carbocycles. The Hall–Kier alpha value is -1.53. The zero-order chi connectivity index (χ0) is 14.5. The minimum absolute atomic E-state index is 0.0479. The Morgan fingerprint density at radius 3 is 2.85 bits per heavy atom. The Bertz CT molecular complexity index is 445. The van der Waals surface area contributed by atoms with Crippen molar-refractivity contribution >= 4 is 5.91 Å². The van der Waals surface area contributed by atoms with Gasteiger partial charge in [-0.25, -0.2) is 0 Å². The number of likely N-dealkylation sites (N-methyl/N-ethyl adjacent to an activating group) is 1. The molecule has 1 atom stereocenters. The lowest BCUT2D eigenvalue weighted by Gasteiger charge is -2.20. The van der Waals surface area contributed by atoms with Crippen LogP contribution in [-0.4, -0.2) is 65.4 Å². The van der Waals surface area contributed by atoms with Crippen LogP contribution in [0.4, 0.5) is 0 Å². The summed E-state index contributed by atoms with van der Waals surface area (Å²) in [5, 5.41) is 2.89. The van der Waals surface area contributed by atoms with Crippen molar-refractivity contribution in [2.24, 2.45) is 0 Å². The van der Waals surface area contributed by atoms with E-state index in [2.05, 4.69) is 39.2 Å². The summed E-state index contributed by atoms with van der Waals surface area (Å²) in [5.41, 5.74) is 1.67. The minimum Gasteiger partial charge on any atom is -0.349 e. The standard InChI is InChI=1S/C14H23N5O/c1-11-6-16-12(7-15-11)8-17-14(20)10-19-5-4-13(9-19)18(2)3/h6-7,13H,4-5,8-10H2,1-3H3,(H,17,20)/t13-/m1/s1. The molecule has 0 spiro atoms. The van der Waals surface area contributed by atoms with Gasteiger partial charge >= 0.3 is 0 Å². The van der Waals surface area contributed by atoms with Gasteiger partial charge in [0.25, 0.3) is 0 Å². The summed E-state index contributed by atoms with van der Waals surface area (Å²) in [6.45, 7) is 4.75. The lowest BCUT2D eigenvalue weighted by molar-refractivity contribution is -0.122. The van der Waals surface area contributed by atoms with Crippen molar-refractivity contribution in [3.05, 3.63) is 23.8 Å². The summed E-state index contributed by atoms with van der Waals surface area (Å²) in [5.74, 6) is 0.0479. The second-order valence-electron chi connectivity index (χ2n) is 5.57. The zero-order valence-corrected chi connectivity index (χ0v) is 12.5. The predicted molar refractivity (Wildman–Crippen MR) is 77.1 cm³/mol. The van der Waals surface area contributed by atoms with Gasteiger partial charge in [0.1, 0.15) is 0 Å². The van der Waals surface area contributed by atoms with Gasteiger partial charge in [0.05, 0.1) is 30.7 Å². The molecule has 0 aromatic carbocycles. The van der Waals surface area contributed by atoms with Gasteiger partial charge in [0.15, 0.2) is 0 Å². The van der Waals surface area contributed by atoms with E-state index in [1.54, 1.807) is 12.4 Å². The molecule has 0 bridgehead atoms. The van der Waals surface area contributed by atoms with Gasteiger partial charge in [-0.3, -0.25) is 19.7 Å². The fourth-order valence-corrected chi connectivity index (χ4v) is 2.34. The lowest BCUT2D eigenvalue weighted by Crippen LogP contribution is -2.38. The molecule has 1 aliphatic heterocycles. The number of carbonyl (C=O) groups excluding carboxylic acids is 1. The van der Waals surface area contributed by atoms with Crippen molar-refractivity contribution in [3.63, 3.8) is 0 Å². The van der Waals surface area contributed by atoms with Crippen LogP contribution in [0.2, 0.25) is 0 Å². The van der Waals surface area contributed by atoms with Gasteiger partial charge < -0.3 is 10.2 Å². The molecule has 1 amide bonds. The van der Waals surface area contributed by atoms with E-state index in [-0.39, 0.29) is 5.91 Å². The Kier molecular flexibility index (Phi) is 5.03. The van der Waals surface area contributed by atoms with Crippen LogP contribution in [0, 0.1) is 6.92 Å². The SMILES string of the molecule is Cc1cnc(CNC(=O)CN2CC[C@@H](N(C)C)C2)cn1. The first-order chi connectivity index (χ1) is 9.54. The number of amides is 1. The fraction of sp³-hybridized carbons (Fsp3) is 0.643. The van der Waals surface area contributed by atoms with E-state index in [9.17, 15) is 4.79 Å². The molecule has 0 unspecified atom stereocenters. The van der Waals surface area contributed by atoms with Crippen LogP contribution < -0.4 is 5.32 Å². The molecule has 110 valence electrons. The van der Waals surface area contributed by atoms with Gasteiger partial charge in [-0.05, 0) is 27.4 Å². The van der Waals surface area contributed by atoms with Crippen molar-refractivity contribution < 1.29 is 4.79 Å². The highest BCUT2D eigenvalue weighted by molar-refractivity contribution is 5.78. The van der Waals surface area contributed by atoms with E-state index < -0.39 is 0 Å². The molecule has 6 nitrogen and oxygen atoms in total. The third-order valence-corrected chi connectivity index (χ3v) is 3.65. The number of hydrogen-bond acceptors (Lipinski definition) is 5. The summed E-state index contributed by atoms with van der Waals surface area (Å²) >= 11 is 0. The summed E-state index contributed by atoms with van der Waals surface area (Å²) in [6.07, 6.45) is 4.54. The Balaban J connectivity index is 1.72. The van der Waals surface area contributed by atoms with Crippen LogP contribution in [0.3, 0.4) is 0 Å². The first-order valence-corrected chi connectivity index (χ1v) is 6.97. The van der Waals surface area contributed by atoms with Crippen molar-refractivity contribution in [1.82, 2.24) is 25.1 Å². The molecule has 2 rings (SSSR count). The zero-order valence-electron chi connectivity index (χ0n) is 12.5. The van der Waals surface area contributed by atoms with E-state index >= 15 is 0 Å². The second kappa shape index (κ2) is 6.76. The maximum Gasteiger partial charge on any atom is 0.234 e. The maximum atomic E-state index is 11.9. The quantitative estimate of drug-likeness (QED) is 0.823. The van der Waals surface area contributed by atoms with Crippen molar-refractivity contribution in [1.29, 1.82) is 0 Å². The molecule has 2 heterocycles. The van der Waals surface area contributed by atoms with Crippen LogP contribution in [0.25, 0.3) is 0 Å². The van der Waals surface area contributed by atoms with Gasteiger partial charge in [0.2, 0.25) is 5.91 Å². The number of rotatable bonds is 5. The molecule has 1 N–H and O–H groups in total. The Morgan fingerprint density at radius 1 is 1.45 bits per heavy atom. The van der Waals surface area contributed by atoms with Crippen molar-refractivity contribution in [2.75, 3.05) is 33.7 Å². The van der Waals surface area contributed by atoms with Crippen molar-refractivity contribution in [2.45, 2.75) is 25.9 Å². The van der Waals surface area contributed by atoms with E-state index in [4.69, 9.17) is 0 Å². The largest absolute Gasteiger partial charge is 0.349 e. The average molecular weight is 277 g/mol. The molecule has 1 aromatic heterocycles. The highest BCUT2D eigenvalue weighted by Gasteiger charge is 2.25. The Morgan fingerprint density at radius 2 is 2.25 bits per heavy atom. The normalized spacial score (nSPS) is 19.5. The van der Waals surface area contributed by atoms with Crippen molar-refractivity contribution in [3.8, 4) is 0 Å². The van der Waals surface area contributed by atoms with Gasteiger partial charge in [0, 0.05) is 25.3 Å². The van der Waals surface area contributed by atoms with Crippen LogP contribution in [0.5, 0.6) is 0 Å². The van der Waals surface area contributed by atoms with Crippen LogP contribution >= 0.6 is 0 Å². The van der Waals surface area contributed by atoms with E-state index in [1.165, 1.54) is 0 Å². The number of hydrogen-bond donors (Lipinski definition) is 1. The number of aryl methyl sites for hydroxylation is 1. The lowest BCUT2D eigenvalue weighted by atomic mass is 10.2. The molecule has 1 aliphatic rings. The smallest absolute Gasteiger partial charge is 0.234 e. The second-order valence-corrected chi connectivity index (χ2v) is 5.57. The number of nitrogens with zero attached hydrogens (tertiary/aromatic N) is 4. The fourth-order valence-electron chi connectivity index (χ4n) is 2.34. The minimum atomic E-state index is 0.0479. The molecule has 1 saturated heterocycles. The summed E-state index contributed by atoms with van der Waals surface area (Å²) in [4.78, 5) is 24.7. The monoisotopic (exact) mass is 277 g/mol. The predicted octanol–water partition coefficient (Wildman–Crippen LogP) is 0.0371. The third-order valence-electron chi connectivity index (χ3n) is 3.65.